The van der Waals surface area contributed by atoms with Crippen LogP contribution in [0.15, 0.2) is 33.8 Å². The maximum absolute atomic E-state index is 13.2. The second-order valence-electron chi connectivity index (χ2n) is 11.0. The Labute approximate surface area is 210 Å². The molecule has 192 valence electrons. The Morgan fingerprint density at radius 3 is 2.50 bits per heavy atom. The summed E-state index contributed by atoms with van der Waals surface area (Å²) < 4.78 is 6.01. The van der Waals surface area contributed by atoms with Gasteiger partial charge in [0.05, 0.1) is 10.6 Å². The fourth-order valence-corrected chi connectivity index (χ4v) is 5.62. The number of amides is 2. The largest absolute Gasteiger partial charge is 0.455 e. The first-order chi connectivity index (χ1) is 16.8. The summed E-state index contributed by atoms with van der Waals surface area (Å²) in [5.74, 6) is 0.154. The molecule has 2 amide bonds. The number of nitrogens with zero attached hydrogens (tertiary/aromatic N) is 2. The van der Waals surface area contributed by atoms with Gasteiger partial charge in [-0.15, -0.1) is 0 Å². The number of aryl methyl sites for hydroxylation is 1. The lowest BCUT2D eigenvalue weighted by molar-refractivity contribution is -0.384. The molecule has 2 heterocycles. The van der Waals surface area contributed by atoms with E-state index in [0.29, 0.717) is 29.9 Å². The van der Waals surface area contributed by atoms with E-state index in [2.05, 4.69) is 48.9 Å². The molecular formula is C26H33N5O5. The number of nitro benzene ring substituents is 1. The Morgan fingerprint density at radius 1 is 1.14 bits per heavy atom. The maximum atomic E-state index is 13.2. The average Bonchev–Trinajstić information content (AvgIpc) is 3.12. The Kier molecular flexibility index (Phi) is 6.74. The Balaban J connectivity index is 1.52. The van der Waals surface area contributed by atoms with Crippen LogP contribution in [-0.4, -0.2) is 39.6 Å². The third kappa shape index (κ3) is 5.48. The Bertz CT molecular complexity index is 1230. The van der Waals surface area contributed by atoms with E-state index in [-0.39, 0.29) is 40.0 Å². The second kappa shape index (κ2) is 9.50. The standard InChI is InChI=1S/C26H33N5O5/c1-15-21-19(28-29-23(32)16-8-6-9-18(12-16)31(34)35)10-7-11-20(21)36-22(15)24(33)27-17-13-25(2,3)30-26(4,5)14-17/h6,8-9,12,17,30H,7,10-11,13-14H2,1-5H3,(H,27,33)(H,29,32)/b28-19+. The number of fused-ring (bicyclic) bond motifs is 1. The van der Waals surface area contributed by atoms with Crippen LogP contribution in [0.2, 0.25) is 0 Å². The molecule has 0 unspecified atom stereocenters. The van der Waals surface area contributed by atoms with Crippen molar-refractivity contribution >= 4 is 23.2 Å². The third-order valence-electron chi connectivity index (χ3n) is 6.67. The van der Waals surface area contributed by atoms with Crippen molar-refractivity contribution in [3.63, 3.8) is 0 Å². The van der Waals surface area contributed by atoms with Crippen LogP contribution in [0.3, 0.4) is 0 Å². The monoisotopic (exact) mass is 495 g/mol. The van der Waals surface area contributed by atoms with Gasteiger partial charge in [-0.2, -0.15) is 5.10 Å². The number of nitrogens with one attached hydrogen (secondary N) is 3. The van der Waals surface area contributed by atoms with Gasteiger partial charge in [-0.05, 0) is 66.4 Å². The molecule has 10 nitrogen and oxygen atoms in total. The molecule has 1 aromatic carbocycles. The normalized spacial score (nSPS) is 20.0. The van der Waals surface area contributed by atoms with Crippen molar-refractivity contribution in [3.8, 4) is 0 Å². The first-order valence-corrected chi connectivity index (χ1v) is 12.2. The van der Waals surface area contributed by atoms with E-state index in [0.717, 1.165) is 24.8 Å². The van der Waals surface area contributed by atoms with Gasteiger partial charge >= 0.3 is 0 Å². The molecular weight excluding hydrogens is 462 g/mol. The predicted molar refractivity (Wildman–Crippen MR) is 135 cm³/mol. The third-order valence-corrected chi connectivity index (χ3v) is 6.67. The van der Waals surface area contributed by atoms with Crippen LogP contribution in [0.5, 0.6) is 0 Å². The minimum atomic E-state index is -0.552. The van der Waals surface area contributed by atoms with Gasteiger partial charge in [-0.3, -0.25) is 19.7 Å². The number of rotatable bonds is 5. The molecule has 1 aliphatic carbocycles. The number of furan rings is 1. The molecule has 0 spiro atoms. The second-order valence-corrected chi connectivity index (χ2v) is 11.0. The van der Waals surface area contributed by atoms with Gasteiger partial charge in [0.1, 0.15) is 5.76 Å². The zero-order chi connectivity index (χ0) is 26.3. The number of benzene rings is 1. The van der Waals surface area contributed by atoms with Crippen LogP contribution >= 0.6 is 0 Å². The van der Waals surface area contributed by atoms with Crippen molar-refractivity contribution in [3.05, 3.63) is 62.6 Å². The van der Waals surface area contributed by atoms with Gasteiger partial charge < -0.3 is 15.1 Å². The first kappa shape index (κ1) is 25.6. The number of nitro groups is 1. The Morgan fingerprint density at radius 2 is 1.83 bits per heavy atom. The molecule has 36 heavy (non-hydrogen) atoms. The molecule has 4 rings (SSSR count). The number of carbonyl (C=O) groups excluding carboxylic acids is 2. The van der Waals surface area contributed by atoms with E-state index < -0.39 is 10.8 Å². The van der Waals surface area contributed by atoms with Crippen molar-refractivity contribution in [1.29, 1.82) is 0 Å². The van der Waals surface area contributed by atoms with Gasteiger partial charge in [0.2, 0.25) is 0 Å². The molecule has 1 fully saturated rings. The number of hydrogen-bond donors (Lipinski definition) is 3. The number of carbonyl (C=O) groups is 2. The average molecular weight is 496 g/mol. The molecule has 0 radical (unpaired) electrons. The van der Waals surface area contributed by atoms with E-state index >= 15 is 0 Å². The first-order valence-electron chi connectivity index (χ1n) is 12.2. The molecule has 0 bridgehead atoms. The molecule has 1 saturated heterocycles. The predicted octanol–water partition coefficient (Wildman–Crippen LogP) is 4.01. The summed E-state index contributed by atoms with van der Waals surface area (Å²) in [7, 11) is 0. The quantitative estimate of drug-likeness (QED) is 0.423. The van der Waals surface area contributed by atoms with Crippen LogP contribution in [0, 0.1) is 17.0 Å². The van der Waals surface area contributed by atoms with Gasteiger partial charge in [-0.25, -0.2) is 5.43 Å². The summed E-state index contributed by atoms with van der Waals surface area (Å²) in [5.41, 5.74) is 4.33. The van der Waals surface area contributed by atoms with Crippen molar-refractivity contribution in [2.75, 3.05) is 0 Å². The molecule has 2 aliphatic rings. The number of non-ortho nitro benzene ring substituents is 1. The van der Waals surface area contributed by atoms with Crippen LogP contribution in [0.25, 0.3) is 0 Å². The zero-order valence-electron chi connectivity index (χ0n) is 21.4. The van der Waals surface area contributed by atoms with Crippen molar-refractivity contribution in [2.24, 2.45) is 5.10 Å². The van der Waals surface area contributed by atoms with E-state index in [4.69, 9.17) is 4.42 Å². The molecule has 1 aliphatic heterocycles. The minimum absolute atomic E-state index is 0.00707. The van der Waals surface area contributed by atoms with E-state index in [9.17, 15) is 19.7 Å². The fourth-order valence-electron chi connectivity index (χ4n) is 5.62. The smallest absolute Gasteiger partial charge is 0.287 e. The zero-order valence-corrected chi connectivity index (χ0v) is 21.4. The minimum Gasteiger partial charge on any atom is -0.455 e. The lowest BCUT2D eigenvalue weighted by atomic mass is 9.79. The SMILES string of the molecule is Cc1c(C(=O)NC2CC(C)(C)NC(C)(C)C2)oc2c1/C(=N/NC(=O)c1cccc([N+](=O)[O-])c1)CCC2. The van der Waals surface area contributed by atoms with Gasteiger partial charge in [0.25, 0.3) is 17.5 Å². The Hall–Kier alpha value is -3.53. The highest BCUT2D eigenvalue weighted by Gasteiger charge is 2.39. The molecule has 3 N–H and O–H groups in total. The van der Waals surface area contributed by atoms with E-state index in [1.165, 1.54) is 24.3 Å². The lowest BCUT2D eigenvalue weighted by Crippen LogP contribution is -2.62. The molecule has 10 heteroatoms. The molecule has 2 aromatic rings. The summed E-state index contributed by atoms with van der Waals surface area (Å²) >= 11 is 0. The van der Waals surface area contributed by atoms with Gasteiger partial charge in [-0.1, -0.05) is 6.07 Å². The van der Waals surface area contributed by atoms with Gasteiger partial charge in [0.15, 0.2) is 5.76 Å². The summed E-state index contributed by atoms with van der Waals surface area (Å²) in [5, 5.41) is 22.1. The van der Waals surface area contributed by atoms with E-state index in [1.807, 2.05) is 6.92 Å². The number of hydrogen-bond acceptors (Lipinski definition) is 7. The number of hydrazone groups is 1. The van der Waals surface area contributed by atoms with Crippen molar-refractivity contribution in [2.45, 2.75) is 83.8 Å². The fraction of sp³-hybridized carbons (Fsp3) is 0.500. The molecule has 1 aromatic heterocycles. The van der Waals surface area contributed by atoms with E-state index in [1.54, 1.807) is 0 Å². The van der Waals surface area contributed by atoms with Crippen LogP contribution in [0.4, 0.5) is 5.69 Å². The number of piperidine rings is 1. The lowest BCUT2D eigenvalue weighted by Gasteiger charge is -2.46. The maximum Gasteiger partial charge on any atom is 0.287 e. The highest BCUT2D eigenvalue weighted by atomic mass is 16.6. The summed E-state index contributed by atoms with van der Waals surface area (Å²) in [6.45, 7) is 10.4. The van der Waals surface area contributed by atoms with Crippen molar-refractivity contribution in [1.82, 2.24) is 16.1 Å². The molecule has 0 atom stereocenters. The van der Waals surface area contributed by atoms with Gasteiger partial charge in [0, 0.05) is 52.4 Å². The van der Waals surface area contributed by atoms with Crippen LogP contribution < -0.4 is 16.1 Å². The molecule has 0 saturated carbocycles. The summed E-state index contributed by atoms with van der Waals surface area (Å²) in [6.07, 6.45) is 3.66. The van der Waals surface area contributed by atoms with Crippen LogP contribution in [-0.2, 0) is 6.42 Å². The topological polar surface area (TPSA) is 139 Å². The van der Waals surface area contributed by atoms with Crippen molar-refractivity contribution < 1.29 is 18.9 Å². The highest BCUT2D eigenvalue weighted by Crippen LogP contribution is 2.32. The summed E-state index contributed by atoms with van der Waals surface area (Å²) in [6, 6.07) is 5.48. The van der Waals surface area contributed by atoms with Crippen LogP contribution in [0.1, 0.15) is 91.2 Å². The highest BCUT2D eigenvalue weighted by molar-refractivity contribution is 6.07. The summed E-state index contributed by atoms with van der Waals surface area (Å²) in [4.78, 5) is 36.2.